The summed E-state index contributed by atoms with van der Waals surface area (Å²) in [6.45, 7) is 4.98. The minimum atomic E-state index is -3.71. The normalized spacial score (nSPS) is 20.6. The van der Waals surface area contributed by atoms with Crippen LogP contribution < -0.4 is 0 Å². The summed E-state index contributed by atoms with van der Waals surface area (Å²) in [6, 6.07) is 19.4. The van der Waals surface area contributed by atoms with Crippen molar-refractivity contribution in [2.45, 2.75) is 37.5 Å². The van der Waals surface area contributed by atoms with Gasteiger partial charge in [0.2, 0.25) is 10.0 Å². The third-order valence-corrected chi connectivity index (χ3v) is 6.80. The zero-order valence-electron chi connectivity index (χ0n) is 16.6. The number of sulfonamides is 1. The number of hydrogen-bond acceptors (Lipinski definition) is 4. The van der Waals surface area contributed by atoms with E-state index in [0.29, 0.717) is 25.3 Å². The van der Waals surface area contributed by atoms with Gasteiger partial charge >= 0.3 is 0 Å². The summed E-state index contributed by atoms with van der Waals surface area (Å²) >= 11 is 0. The van der Waals surface area contributed by atoms with Gasteiger partial charge in [0.1, 0.15) is 10.6 Å². The molecule has 152 valence electrons. The fourth-order valence-electron chi connectivity index (χ4n) is 3.71. The van der Waals surface area contributed by atoms with Crippen LogP contribution in [0.15, 0.2) is 71.8 Å². The lowest BCUT2D eigenvalue weighted by Gasteiger charge is -2.34. The molecule has 0 aliphatic carbocycles. The summed E-state index contributed by atoms with van der Waals surface area (Å²) in [5, 5.41) is 4.65. The van der Waals surface area contributed by atoms with Crippen LogP contribution >= 0.6 is 0 Å². The van der Waals surface area contributed by atoms with Crippen molar-refractivity contribution < 1.29 is 13.2 Å². The molecule has 0 saturated carbocycles. The molecule has 1 aliphatic rings. The molecule has 2 aromatic carbocycles. The van der Waals surface area contributed by atoms with Gasteiger partial charge in [-0.25, -0.2) is 8.42 Å². The van der Waals surface area contributed by atoms with E-state index in [1.165, 1.54) is 4.31 Å². The van der Waals surface area contributed by atoms with Gasteiger partial charge in [-0.3, -0.25) is 4.68 Å². The van der Waals surface area contributed by atoms with Gasteiger partial charge in [-0.15, -0.1) is 0 Å². The maximum Gasteiger partial charge on any atom is 0.247 e. The molecule has 3 aromatic rings. The summed E-state index contributed by atoms with van der Waals surface area (Å²) in [5.41, 5.74) is 2.33. The van der Waals surface area contributed by atoms with Crippen LogP contribution in [-0.2, 0) is 21.3 Å². The van der Waals surface area contributed by atoms with Gasteiger partial charge in [0.05, 0.1) is 18.8 Å². The molecular weight excluding hydrogens is 386 g/mol. The SMILES string of the molecule is CC1CN(S(=O)(=O)c2cn(Cc3ccccc3)nc2-c2ccccc2)CC(C)O1. The second-order valence-electron chi connectivity index (χ2n) is 7.47. The lowest BCUT2D eigenvalue weighted by Crippen LogP contribution is -2.48. The van der Waals surface area contributed by atoms with Crippen LogP contribution in [0.4, 0.5) is 0 Å². The molecule has 0 N–H and O–H groups in total. The average Bonchev–Trinajstić information content (AvgIpc) is 3.13. The lowest BCUT2D eigenvalue weighted by molar-refractivity contribution is -0.0440. The Kier molecular flexibility index (Phi) is 5.54. The molecule has 0 amide bonds. The van der Waals surface area contributed by atoms with E-state index in [2.05, 4.69) is 5.10 Å². The molecule has 2 unspecified atom stereocenters. The molecule has 1 aromatic heterocycles. The Hall–Kier alpha value is -2.48. The molecule has 0 bridgehead atoms. The van der Waals surface area contributed by atoms with Crippen molar-refractivity contribution in [1.29, 1.82) is 0 Å². The Labute approximate surface area is 171 Å². The molecule has 1 aliphatic heterocycles. The maximum absolute atomic E-state index is 13.6. The highest BCUT2D eigenvalue weighted by Gasteiger charge is 2.35. The number of benzene rings is 2. The number of rotatable bonds is 5. The van der Waals surface area contributed by atoms with E-state index in [0.717, 1.165) is 11.1 Å². The topological polar surface area (TPSA) is 64.4 Å². The molecule has 6 nitrogen and oxygen atoms in total. The predicted molar refractivity (Wildman–Crippen MR) is 112 cm³/mol. The zero-order valence-corrected chi connectivity index (χ0v) is 17.4. The molecular formula is C22H25N3O3S. The Balaban J connectivity index is 1.76. The quantitative estimate of drug-likeness (QED) is 0.646. The second kappa shape index (κ2) is 8.10. The fourth-order valence-corrected chi connectivity index (χ4v) is 5.45. The average molecular weight is 412 g/mol. The van der Waals surface area contributed by atoms with E-state index < -0.39 is 10.0 Å². The first-order valence-electron chi connectivity index (χ1n) is 9.76. The van der Waals surface area contributed by atoms with Gasteiger partial charge in [-0.05, 0) is 19.4 Å². The standard InChI is InChI=1S/C22H25N3O3S/c1-17-13-25(14-18(2)28-17)29(26,27)21-16-24(15-19-9-5-3-6-10-19)23-22(21)20-11-7-4-8-12-20/h3-12,16-18H,13-15H2,1-2H3. The molecule has 0 radical (unpaired) electrons. The molecule has 0 spiro atoms. The number of hydrogen-bond donors (Lipinski definition) is 0. The third-order valence-electron chi connectivity index (χ3n) is 4.97. The van der Waals surface area contributed by atoms with E-state index in [-0.39, 0.29) is 17.1 Å². The van der Waals surface area contributed by atoms with Crippen molar-refractivity contribution in [3.8, 4) is 11.3 Å². The van der Waals surface area contributed by atoms with Gasteiger partial charge in [0, 0.05) is 24.8 Å². The van der Waals surface area contributed by atoms with Crippen LogP contribution in [0, 0.1) is 0 Å². The first-order valence-corrected chi connectivity index (χ1v) is 11.2. The Morgan fingerprint density at radius 3 is 2.17 bits per heavy atom. The lowest BCUT2D eigenvalue weighted by atomic mass is 10.2. The third kappa shape index (κ3) is 4.27. The van der Waals surface area contributed by atoms with E-state index >= 15 is 0 Å². The van der Waals surface area contributed by atoms with Crippen molar-refractivity contribution in [3.63, 3.8) is 0 Å². The monoisotopic (exact) mass is 411 g/mol. The number of ether oxygens (including phenoxy) is 1. The van der Waals surface area contributed by atoms with Crippen LogP contribution in [-0.4, -0.2) is 47.8 Å². The van der Waals surface area contributed by atoms with Crippen molar-refractivity contribution in [3.05, 3.63) is 72.4 Å². The van der Waals surface area contributed by atoms with E-state index in [4.69, 9.17) is 4.74 Å². The predicted octanol–water partition coefficient (Wildman–Crippen LogP) is 3.40. The molecule has 1 saturated heterocycles. The molecule has 2 atom stereocenters. The largest absolute Gasteiger partial charge is 0.373 e. The summed E-state index contributed by atoms with van der Waals surface area (Å²) in [7, 11) is -3.71. The second-order valence-corrected chi connectivity index (χ2v) is 9.38. The smallest absolute Gasteiger partial charge is 0.247 e. The number of nitrogens with zero attached hydrogens (tertiary/aromatic N) is 3. The van der Waals surface area contributed by atoms with Gasteiger partial charge in [0.15, 0.2) is 0 Å². The van der Waals surface area contributed by atoms with Crippen molar-refractivity contribution in [1.82, 2.24) is 14.1 Å². The first-order chi connectivity index (χ1) is 13.9. The minimum Gasteiger partial charge on any atom is -0.373 e. The van der Waals surface area contributed by atoms with Gasteiger partial charge in [-0.2, -0.15) is 9.40 Å². The maximum atomic E-state index is 13.6. The summed E-state index contributed by atoms with van der Waals surface area (Å²) in [4.78, 5) is 0.237. The highest BCUT2D eigenvalue weighted by Crippen LogP contribution is 2.30. The Morgan fingerprint density at radius 2 is 1.55 bits per heavy atom. The Morgan fingerprint density at radius 1 is 0.966 bits per heavy atom. The van der Waals surface area contributed by atoms with Gasteiger partial charge in [0.25, 0.3) is 0 Å². The highest BCUT2D eigenvalue weighted by atomic mass is 32.2. The Bertz CT molecular complexity index is 1060. The molecule has 7 heteroatoms. The van der Waals surface area contributed by atoms with Crippen LogP contribution in [0.3, 0.4) is 0 Å². The van der Waals surface area contributed by atoms with Gasteiger partial charge < -0.3 is 4.74 Å². The number of aromatic nitrogens is 2. The van der Waals surface area contributed by atoms with E-state index in [1.54, 1.807) is 10.9 Å². The minimum absolute atomic E-state index is 0.145. The molecule has 4 rings (SSSR count). The van der Waals surface area contributed by atoms with E-state index in [1.807, 2.05) is 74.5 Å². The summed E-state index contributed by atoms with van der Waals surface area (Å²) < 4.78 is 36.1. The summed E-state index contributed by atoms with van der Waals surface area (Å²) in [6.07, 6.45) is 1.36. The van der Waals surface area contributed by atoms with Gasteiger partial charge in [-0.1, -0.05) is 60.7 Å². The van der Waals surface area contributed by atoms with Crippen LogP contribution in [0.5, 0.6) is 0 Å². The molecule has 29 heavy (non-hydrogen) atoms. The first kappa shape index (κ1) is 19.8. The van der Waals surface area contributed by atoms with Crippen LogP contribution in [0.2, 0.25) is 0 Å². The van der Waals surface area contributed by atoms with Crippen molar-refractivity contribution in [2.75, 3.05) is 13.1 Å². The van der Waals surface area contributed by atoms with Crippen molar-refractivity contribution >= 4 is 10.0 Å². The zero-order chi connectivity index (χ0) is 20.4. The van der Waals surface area contributed by atoms with Crippen molar-refractivity contribution in [2.24, 2.45) is 0 Å². The van der Waals surface area contributed by atoms with Crippen LogP contribution in [0.1, 0.15) is 19.4 Å². The molecule has 2 heterocycles. The van der Waals surface area contributed by atoms with Crippen LogP contribution in [0.25, 0.3) is 11.3 Å². The summed E-state index contributed by atoms with van der Waals surface area (Å²) in [5.74, 6) is 0. The number of morpholine rings is 1. The highest BCUT2D eigenvalue weighted by molar-refractivity contribution is 7.89. The fraction of sp³-hybridized carbons (Fsp3) is 0.318. The van der Waals surface area contributed by atoms with E-state index in [9.17, 15) is 8.42 Å². The molecule has 1 fully saturated rings.